The summed E-state index contributed by atoms with van der Waals surface area (Å²) in [6, 6.07) is 5.23. The van der Waals surface area contributed by atoms with Crippen LogP contribution in [0, 0.1) is 13.8 Å². The maximum Gasteiger partial charge on any atom is 0.332 e. The average Bonchev–Trinajstić information content (AvgIpc) is 2.64. The van der Waals surface area contributed by atoms with Crippen molar-refractivity contribution in [2.45, 2.75) is 25.7 Å². The fourth-order valence-electron chi connectivity index (χ4n) is 2.87. The zero-order valence-corrected chi connectivity index (χ0v) is 16.8. The molecule has 1 fully saturated rings. The predicted molar refractivity (Wildman–Crippen MR) is 98.7 cm³/mol. The molecule has 0 atom stereocenters. The molecule has 1 saturated heterocycles. The van der Waals surface area contributed by atoms with Gasteiger partial charge in [-0.25, -0.2) is 13.2 Å². The van der Waals surface area contributed by atoms with Crippen molar-refractivity contribution < 1.29 is 27.5 Å². The molecule has 1 aliphatic rings. The number of piperazine rings is 1. The number of aryl methyl sites for hydroxylation is 2. The van der Waals surface area contributed by atoms with E-state index in [-0.39, 0.29) is 50.2 Å². The van der Waals surface area contributed by atoms with Gasteiger partial charge in [-0.3, -0.25) is 4.79 Å². The van der Waals surface area contributed by atoms with Gasteiger partial charge < -0.3 is 14.4 Å². The summed E-state index contributed by atoms with van der Waals surface area (Å²) in [6.45, 7) is 6.19. The molecular weight excluding hydrogens is 372 g/mol. The Kier molecular flexibility index (Phi) is 7.34. The SMILES string of the molecule is CCOCC(=O)OCC(=O)N1CCN(S(=O)(=O)c2ccc(C)cc2C)CC1. The Balaban J connectivity index is 1.90. The van der Waals surface area contributed by atoms with Crippen LogP contribution >= 0.6 is 0 Å². The van der Waals surface area contributed by atoms with Gasteiger partial charge >= 0.3 is 5.97 Å². The lowest BCUT2D eigenvalue weighted by molar-refractivity contribution is -0.156. The van der Waals surface area contributed by atoms with Crippen LogP contribution in [0.2, 0.25) is 0 Å². The topological polar surface area (TPSA) is 93.2 Å². The van der Waals surface area contributed by atoms with E-state index in [2.05, 4.69) is 0 Å². The minimum absolute atomic E-state index is 0.189. The van der Waals surface area contributed by atoms with Crippen LogP contribution in [0.25, 0.3) is 0 Å². The molecule has 1 aromatic rings. The van der Waals surface area contributed by atoms with Gasteiger partial charge in [-0.1, -0.05) is 17.7 Å². The lowest BCUT2D eigenvalue weighted by Gasteiger charge is -2.34. The number of hydrogen-bond donors (Lipinski definition) is 0. The minimum atomic E-state index is -3.60. The summed E-state index contributed by atoms with van der Waals surface area (Å²) in [5, 5.41) is 0. The van der Waals surface area contributed by atoms with Crippen molar-refractivity contribution in [2.75, 3.05) is 46.0 Å². The van der Waals surface area contributed by atoms with Crippen molar-refractivity contribution in [3.8, 4) is 0 Å². The zero-order valence-electron chi connectivity index (χ0n) is 15.9. The van der Waals surface area contributed by atoms with Gasteiger partial charge in [-0.15, -0.1) is 0 Å². The quantitative estimate of drug-likeness (QED) is 0.628. The van der Waals surface area contributed by atoms with Crippen LogP contribution in [0.15, 0.2) is 23.1 Å². The van der Waals surface area contributed by atoms with E-state index in [0.717, 1.165) is 5.56 Å². The number of nitrogens with zero attached hydrogens (tertiary/aromatic N) is 2. The summed E-state index contributed by atoms with van der Waals surface area (Å²) < 4.78 is 36.9. The van der Waals surface area contributed by atoms with Gasteiger partial charge in [-0.2, -0.15) is 4.31 Å². The molecule has 8 nitrogen and oxygen atoms in total. The van der Waals surface area contributed by atoms with Gasteiger partial charge in [0, 0.05) is 32.8 Å². The van der Waals surface area contributed by atoms with E-state index < -0.39 is 16.0 Å². The fraction of sp³-hybridized carbons (Fsp3) is 0.556. The second kappa shape index (κ2) is 9.29. The summed E-state index contributed by atoms with van der Waals surface area (Å²) in [6.07, 6.45) is 0. The smallest absolute Gasteiger partial charge is 0.332 e. The summed E-state index contributed by atoms with van der Waals surface area (Å²) >= 11 is 0. The molecule has 1 aromatic carbocycles. The molecule has 0 bridgehead atoms. The Morgan fingerprint density at radius 1 is 1.07 bits per heavy atom. The Morgan fingerprint density at radius 2 is 1.74 bits per heavy atom. The van der Waals surface area contributed by atoms with E-state index in [1.54, 1.807) is 26.0 Å². The van der Waals surface area contributed by atoms with Gasteiger partial charge in [0.05, 0.1) is 4.90 Å². The maximum atomic E-state index is 12.9. The number of rotatable bonds is 7. The number of amides is 1. The van der Waals surface area contributed by atoms with Crippen LogP contribution in [0.5, 0.6) is 0 Å². The third-order valence-electron chi connectivity index (χ3n) is 4.32. The van der Waals surface area contributed by atoms with E-state index in [4.69, 9.17) is 9.47 Å². The Hall–Kier alpha value is -1.97. The first-order valence-corrected chi connectivity index (χ1v) is 10.3. The second-order valence-corrected chi connectivity index (χ2v) is 8.26. The van der Waals surface area contributed by atoms with E-state index in [1.165, 1.54) is 9.21 Å². The number of esters is 1. The van der Waals surface area contributed by atoms with Crippen molar-refractivity contribution in [3.05, 3.63) is 29.3 Å². The molecule has 0 aliphatic carbocycles. The first-order chi connectivity index (χ1) is 12.8. The third kappa shape index (κ3) is 5.50. The first kappa shape index (κ1) is 21.3. The normalized spacial score (nSPS) is 15.6. The maximum absolute atomic E-state index is 12.9. The molecule has 27 heavy (non-hydrogen) atoms. The summed E-state index contributed by atoms with van der Waals surface area (Å²) in [7, 11) is -3.60. The number of benzene rings is 1. The highest BCUT2D eigenvalue weighted by molar-refractivity contribution is 7.89. The second-order valence-electron chi connectivity index (χ2n) is 6.35. The van der Waals surface area contributed by atoms with Crippen LogP contribution in [-0.4, -0.2) is 75.5 Å². The zero-order chi connectivity index (χ0) is 20.0. The molecule has 9 heteroatoms. The minimum Gasteiger partial charge on any atom is -0.454 e. The van der Waals surface area contributed by atoms with Crippen LogP contribution in [0.1, 0.15) is 18.1 Å². The largest absolute Gasteiger partial charge is 0.454 e. The van der Waals surface area contributed by atoms with Crippen molar-refractivity contribution >= 4 is 21.9 Å². The van der Waals surface area contributed by atoms with Crippen LogP contribution in [0.3, 0.4) is 0 Å². The number of carbonyl (C=O) groups excluding carboxylic acids is 2. The third-order valence-corrected chi connectivity index (χ3v) is 6.38. The number of ether oxygens (including phenoxy) is 2. The van der Waals surface area contributed by atoms with Gasteiger partial charge in [0.15, 0.2) is 6.61 Å². The molecule has 1 heterocycles. The van der Waals surface area contributed by atoms with Crippen LogP contribution in [0.4, 0.5) is 0 Å². The lowest BCUT2D eigenvalue weighted by atomic mass is 10.2. The highest BCUT2D eigenvalue weighted by Gasteiger charge is 2.31. The van der Waals surface area contributed by atoms with E-state index in [9.17, 15) is 18.0 Å². The van der Waals surface area contributed by atoms with Crippen molar-refractivity contribution in [1.82, 2.24) is 9.21 Å². The molecule has 150 valence electrons. The van der Waals surface area contributed by atoms with Crippen molar-refractivity contribution in [3.63, 3.8) is 0 Å². The molecular formula is C18H26N2O6S. The molecule has 0 N–H and O–H groups in total. The van der Waals surface area contributed by atoms with Crippen molar-refractivity contribution in [1.29, 1.82) is 0 Å². The number of sulfonamides is 1. The molecule has 1 aliphatic heterocycles. The van der Waals surface area contributed by atoms with Gasteiger partial charge in [0.25, 0.3) is 5.91 Å². The monoisotopic (exact) mass is 398 g/mol. The molecule has 0 saturated carbocycles. The molecule has 0 spiro atoms. The van der Waals surface area contributed by atoms with Crippen molar-refractivity contribution in [2.24, 2.45) is 0 Å². The molecule has 0 unspecified atom stereocenters. The number of carbonyl (C=O) groups is 2. The predicted octanol–water partition coefficient (Wildman–Crippen LogP) is 0.716. The average molecular weight is 398 g/mol. The molecule has 0 aromatic heterocycles. The summed E-state index contributed by atoms with van der Waals surface area (Å²) in [5.41, 5.74) is 1.70. The first-order valence-electron chi connectivity index (χ1n) is 8.84. The van der Waals surface area contributed by atoms with Crippen LogP contribution in [-0.2, 0) is 29.1 Å². The highest BCUT2D eigenvalue weighted by atomic mass is 32.2. The van der Waals surface area contributed by atoms with Gasteiger partial charge in [0.1, 0.15) is 6.61 Å². The molecule has 1 amide bonds. The lowest BCUT2D eigenvalue weighted by Crippen LogP contribution is -2.51. The Labute approximate surface area is 160 Å². The van der Waals surface area contributed by atoms with E-state index in [1.807, 2.05) is 13.0 Å². The molecule has 0 radical (unpaired) electrons. The fourth-order valence-corrected chi connectivity index (χ4v) is 4.49. The summed E-state index contributed by atoms with van der Waals surface area (Å²) in [4.78, 5) is 25.3. The Morgan fingerprint density at radius 3 is 2.33 bits per heavy atom. The van der Waals surface area contributed by atoms with E-state index in [0.29, 0.717) is 12.2 Å². The summed E-state index contributed by atoms with van der Waals surface area (Å²) in [5.74, 6) is -0.940. The standard InChI is InChI=1S/C18H26N2O6S/c1-4-25-13-18(22)26-12-17(21)19-7-9-20(10-8-19)27(23,24)16-6-5-14(2)11-15(16)3/h5-6,11H,4,7-10,12-13H2,1-3H3. The highest BCUT2D eigenvalue weighted by Crippen LogP contribution is 2.22. The van der Waals surface area contributed by atoms with Crippen LogP contribution < -0.4 is 0 Å². The molecule has 2 rings (SSSR count). The van der Waals surface area contributed by atoms with Gasteiger partial charge in [0.2, 0.25) is 10.0 Å². The number of hydrogen-bond acceptors (Lipinski definition) is 6. The van der Waals surface area contributed by atoms with E-state index >= 15 is 0 Å². The Bertz CT molecular complexity index is 785. The van der Waals surface area contributed by atoms with Gasteiger partial charge in [-0.05, 0) is 32.4 Å².